The highest BCUT2D eigenvalue weighted by Crippen LogP contribution is 2.32. The molecule has 0 bridgehead atoms. The molecule has 4 rings (SSSR count). The molecule has 0 unspecified atom stereocenters. The van der Waals surface area contributed by atoms with Crippen molar-refractivity contribution in [3.05, 3.63) is 89.6 Å². The minimum Gasteiger partial charge on any atom is -0.406 e. The van der Waals surface area contributed by atoms with E-state index in [0.29, 0.717) is 28.5 Å². The fourth-order valence-corrected chi connectivity index (χ4v) is 4.41. The van der Waals surface area contributed by atoms with Crippen LogP contribution in [0.4, 0.5) is 30.5 Å². The third-order valence-electron chi connectivity index (χ3n) is 5.79. The molecule has 40 heavy (non-hydrogen) atoms. The monoisotopic (exact) mass is 567 g/mol. The van der Waals surface area contributed by atoms with Crippen molar-refractivity contribution in [3.63, 3.8) is 0 Å². The first kappa shape index (κ1) is 28.9. The van der Waals surface area contributed by atoms with Gasteiger partial charge in [-0.15, -0.1) is 24.9 Å². The van der Waals surface area contributed by atoms with Crippen LogP contribution in [0.2, 0.25) is 0 Å². The zero-order valence-corrected chi connectivity index (χ0v) is 23.2. The van der Waals surface area contributed by atoms with Crippen LogP contribution in [0.5, 0.6) is 5.75 Å². The zero-order valence-electron chi connectivity index (χ0n) is 22.3. The van der Waals surface area contributed by atoms with Crippen LogP contribution in [0, 0.1) is 6.92 Å². The van der Waals surface area contributed by atoms with Gasteiger partial charge in [0.15, 0.2) is 0 Å². The number of halogens is 3. The molecule has 0 saturated heterocycles. The van der Waals surface area contributed by atoms with Crippen LogP contribution >= 0.6 is 11.8 Å². The fourth-order valence-electron chi connectivity index (χ4n) is 3.90. The molecule has 4 aromatic rings. The minimum atomic E-state index is -4.76. The van der Waals surface area contributed by atoms with Crippen LogP contribution < -0.4 is 15.4 Å². The van der Waals surface area contributed by atoms with Gasteiger partial charge < -0.3 is 20.3 Å². The van der Waals surface area contributed by atoms with Crippen LogP contribution in [-0.4, -0.2) is 47.5 Å². The summed E-state index contributed by atoms with van der Waals surface area (Å²) in [4.78, 5) is 24.6. The third kappa shape index (κ3) is 7.73. The van der Waals surface area contributed by atoms with Crippen molar-refractivity contribution in [2.24, 2.45) is 0 Å². The molecule has 0 aliphatic rings. The summed E-state index contributed by atoms with van der Waals surface area (Å²) < 4.78 is 41.5. The second kappa shape index (κ2) is 12.4. The van der Waals surface area contributed by atoms with Gasteiger partial charge in [0.1, 0.15) is 5.75 Å². The molecule has 1 heterocycles. The molecule has 2 N–H and O–H groups in total. The Hall–Kier alpha value is -4.09. The highest BCUT2D eigenvalue weighted by Gasteiger charge is 2.31. The molecule has 7 nitrogen and oxygen atoms in total. The van der Waals surface area contributed by atoms with Gasteiger partial charge in [-0.25, -0.2) is 9.97 Å². The van der Waals surface area contributed by atoms with Crippen molar-refractivity contribution in [1.29, 1.82) is 0 Å². The summed E-state index contributed by atoms with van der Waals surface area (Å²) in [5.41, 5.74) is 5.16. The molecule has 1 amide bonds. The lowest BCUT2D eigenvalue weighted by atomic mass is 10.1. The molecule has 1 aromatic heterocycles. The summed E-state index contributed by atoms with van der Waals surface area (Å²) in [6.07, 6.45) is -1.26. The van der Waals surface area contributed by atoms with E-state index in [9.17, 15) is 18.0 Å². The van der Waals surface area contributed by atoms with Crippen LogP contribution in [0.15, 0.2) is 77.8 Å². The predicted octanol–water partition coefficient (Wildman–Crippen LogP) is 7.13. The van der Waals surface area contributed by atoms with Gasteiger partial charge in [-0.05, 0) is 93.0 Å². The number of aryl methyl sites for hydroxylation is 1. The van der Waals surface area contributed by atoms with E-state index in [1.54, 1.807) is 30.5 Å². The number of ether oxygens (including phenoxy) is 1. The lowest BCUT2D eigenvalue weighted by molar-refractivity contribution is -0.274. The average molecular weight is 568 g/mol. The van der Waals surface area contributed by atoms with E-state index in [1.807, 2.05) is 45.5 Å². The molecule has 0 radical (unpaired) electrons. The summed E-state index contributed by atoms with van der Waals surface area (Å²) in [7, 11) is 3.98. The second-order valence-corrected chi connectivity index (χ2v) is 10.1. The van der Waals surface area contributed by atoms with Gasteiger partial charge in [-0.2, -0.15) is 0 Å². The Morgan fingerprint density at radius 2 is 1.73 bits per heavy atom. The van der Waals surface area contributed by atoms with Crippen molar-refractivity contribution in [2.45, 2.75) is 24.7 Å². The number of carbonyl (C=O) groups is 1. The minimum absolute atomic E-state index is 0.225. The van der Waals surface area contributed by atoms with Crippen LogP contribution in [0.3, 0.4) is 0 Å². The number of carbonyl (C=O) groups excluding carboxylic acids is 1. The van der Waals surface area contributed by atoms with E-state index in [2.05, 4.69) is 30.2 Å². The number of amides is 1. The molecule has 3 aromatic carbocycles. The van der Waals surface area contributed by atoms with Gasteiger partial charge in [0.2, 0.25) is 5.95 Å². The fraction of sp³-hybridized carbons (Fsp3) is 0.207. The molecule has 0 atom stereocenters. The zero-order chi connectivity index (χ0) is 28.9. The molecular formula is C29H28F3N5O2S. The Bertz CT molecular complexity index is 1480. The smallest absolute Gasteiger partial charge is 0.406 e. The molecule has 11 heteroatoms. The summed E-state index contributed by atoms with van der Waals surface area (Å²) in [5.74, 6) is -0.235. The molecule has 0 aliphatic heterocycles. The number of alkyl halides is 3. The highest BCUT2D eigenvalue weighted by molar-refractivity contribution is 7.98. The average Bonchev–Trinajstić information content (AvgIpc) is 2.90. The van der Waals surface area contributed by atoms with E-state index in [-0.39, 0.29) is 11.7 Å². The maximum atomic E-state index is 12.9. The van der Waals surface area contributed by atoms with Crippen molar-refractivity contribution < 1.29 is 22.7 Å². The Morgan fingerprint density at radius 3 is 2.35 bits per heavy atom. The van der Waals surface area contributed by atoms with E-state index in [1.165, 1.54) is 36.0 Å². The standard InChI is InChI=1S/C29H28F3N5O2S/c1-18-5-6-19(17-37(2)3)15-24(18)35-27(38)21-7-11-22(12-8-21)34-28-33-16-25(40-4)26(36-28)20-9-13-23(14-10-20)39-29(30,31)32/h5-16H,17H2,1-4H3,(H,35,38)(H,33,34,36). The molecule has 208 valence electrons. The number of nitrogens with one attached hydrogen (secondary N) is 2. The van der Waals surface area contributed by atoms with Crippen molar-refractivity contribution >= 4 is 35.0 Å². The first-order chi connectivity index (χ1) is 19.0. The number of hydrogen-bond donors (Lipinski definition) is 2. The summed E-state index contributed by atoms with van der Waals surface area (Å²) in [6, 6.07) is 18.4. The number of benzene rings is 3. The topological polar surface area (TPSA) is 79.4 Å². The summed E-state index contributed by atoms with van der Waals surface area (Å²) in [6.45, 7) is 2.71. The predicted molar refractivity (Wildman–Crippen MR) is 152 cm³/mol. The lowest BCUT2D eigenvalue weighted by Gasteiger charge is -2.14. The van der Waals surface area contributed by atoms with E-state index >= 15 is 0 Å². The number of thioether (sulfide) groups is 1. The second-order valence-electron chi connectivity index (χ2n) is 9.23. The Balaban J connectivity index is 1.47. The van der Waals surface area contributed by atoms with Crippen LogP contribution in [0.25, 0.3) is 11.3 Å². The Morgan fingerprint density at radius 1 is 1.02 bits per heavy atom. The maximum Gasteiger partial charge on any atom is 0.573 e. The molecule has 0 fully saturated rings. The van der Waals surface area contributed by atoms with Gasteiger partial charge in [-0.1, -0.05) is 12.1 Å². The third-order valence-corrected chi connectivity index (χ3v) is 6.53. The molecule has 0 saturated carbocycles. The first-order valence-corrected chi connectivity index (χ1v) is 13.4. The number of anilines is 3. The van der Waals surface area contributed by atoms with Crippen molar-refractivity contribution in [2.75, 3.05) is 31.0 Å². The van der Waals surface area contributed by atoms with E-state index < -0.39 is 6.36 Å². The van der Waals surface area contributed by atoms with Crippen molar-refractivity contribution in [3.8, 4) is 17.0 Å². The van der Waals surface area contributed by atoms with E-state index in [0.717, 1.165) is 28.3 Å². The SMILES string of the molecule is CSc1cnc(Nc2ccc(C(=O)Nc3cc(CN(C)C)ccc3C)cc2)nc1-c1ccc(OC(F)(F)F)cc1. The first-order valence-electron chi connectivity index (χ1n) is 12.2. The van der Waals surface area contributed by atoms with Crippen LogP contribution in [-0.2, 0) is 6.54 Å². The maximum absolute atomic E-state index is 12.9. The quantitative estimate of drug-likeness (QED) is 0.208. The van der Waals surface area contributed by atoms with Gasteiger partial charge >= 0.3 is 6.36 Å². The van der Waals surface area contributed by atoms with Crippen LogP contribution in [0.1, 0.15) is 21.5 Å². The number of hydrogen-bond acceptors (Lipinski definition) is 7. The Labute approximate surface area is 234 Å². The summed E-state index contributed by atoms with van der Waals surface area (Å²) in [5, 5.41) is 6.10. The molecule has 0 spiro atoms. The Kier molecular flexibility index (Phi) is 8.96. The summed E-state index contributed by atoms with van der Waals surface area (Å²) >= 11 is 1.42. The largest absolute Gasteiger partial charge is 0.573 e. The lowest BCUT2D eigenvalue weighted by Crippen LogP contribution is -2.16. The number of aromatic nitrogens is 2. The highest BCUT2D eigenvalue weighted by atomic mass is 32.2. The number of nitrogens with zero attached hydrogens (tertiary/aromatic N) is 3. The van der Waals surface area contributed by atoms with E-state index in [4.69, 9.17) is 0 Å². The number of rotatable bonds is 9. The van der Waals surface area contributed by atoms with Gasteiger partial charge in [0.05, 0.1) is 10.6 Å². The van der Waals surface area contributed by atoms with Crippen molar-refractivity contribution in [1.82, 2.24) is 14.9 Å². The molecule has 0 aliphatic carbocycles. The van der Waals surface area contributed by atoms with Gasteiger partial charge in [-0.3, -0.25) is 4.79 Å². The van der Waals surface area contributed by atoms with Gasteiger partial charge in [0, 0.05) is 35.2 Å². The van der Waals surface area contributed by atoms with Gasteiger partial charge in [0.25, 0.3) is 5.91 Å². The normalized spacial score (nSPS) is 11.4. The molecular weight excluding hydrogens is 539 g/mol.